The molecule has 0 unspecified atom stereocenters. The van der Waals surface area contributed by atoms with E-state index in [0.29, 0.717) is 18.7 Å². The van der Waals surface area contributed by atoms with E-state index in [-0.39, 0.29) is 36.0 Å². The molecule has 35 heavy (non-hydrogen) atoms. The highest BCUT2D eigenvalue weighted by atomic mass is 16.2. The molecular formula is C26H36N6O3. The summed E-state index contributed by atoms with van der Waals surface area (Å²) < 4.78 is 1.37. The predicted molar refractivity (Wildman–Crippen MR) is 137 cm³/mol. The van der Waals surface area contributed by atoms with Crippen molar-refractivity contribution in [2.24, 2.45) is 0 Å². The molecule has 1 aliphatic rings. The number of rotatable bonds is 10. The monoisotopic (exact) mass is 480 g/mol. The molecule has 1 heterocycles. The van der Waals surface area contributed by atoms with Crippen LogP contribution in [-0.4, -0.2) is 39.0 Å². The highest BCUT2D eigenvalue weighted by Crippen LogP contribution is 2.29. The summed E-state index contributed by atoms with van der Waals surface area (Å²) in [5, 5.41) is 9.05. The number of nitrogens with one attached hydrogen (secondary N) is 1. The minimum Gasteiger partial charge on any atom is -0.383 e. The Labute approximate surface area is 206 Å². The van der Waals surface area contributed by atoms with E-state index < -0.39 is 11.2 Å². The number of anilines is 2. The fraction of sp³-hybridized carbons (Fsp3) is 0.538. The zero-order valence-electron chi connectivity index (χ0n) is 20.9. The largest absolute Gasteiger partial charge is 0.383 e. The van der Waals surface area contributed by atoms with E-state index in [1.807, 2.05) is 37.8 Å². The molecule has 1 amide bonds. The Morgan fingerprint density at radius 1 is 1.23 bits per heavy atom. The van der Waals surface area contributed by atoms with Crippen LogP contribution >= 0.6 is 0 Å². The Morgan fingerprint density at radius 2 is 1.89 bits per heavy atom. The van der Waals surface area contributed by atoms with E-state index >= 15 is 0 Å². The maximum Gasteiger partial charge on any atom is 0.330 e. The Morgan fingerprint density at radius 3 is 2.46 bits per heavy atom. The molecule has 1 aliphatic carbocycles. The lowest BCUT2D eigenvalue weighted by Gasteiger charge is -2.33. The number of nitriles is 1. The van der Waals surface area contributed by atoms with Crippen molar-refractivity contribution in [1.82, 2.24) is 14.5 Å². The van der Waals surface area contributed by atoms with E-state index in [1.165, 1.54) is 4.57 Å². The number of nitrogens with zero attached hydrogens (tertiary/aromatic N) is 4. The van der Waals surface area contributed by atoms with E-state index in [9.17, 15) is 14.4 Å². The summed E-state index contributed by atoms with van der Waals surface area (Å²) in [7, 11) is 0. The number of nitrogens with two attached hydrogens (primary N) is 1. The minimum absolute atomic E-state index is 0.0515. The van der Waals surface area contributed by atoms with Gasteiger partial charge in [0.2, 0.25) is 5.91 Å². The van der Waals surface area contributed by atoms with Gasteiger partial charge in [0, 0.05) is 25.2 Å². The van der Waals surface area contributed by atoms with Crippen molar-refractivity contribution >= 4 is 17.4 Å². The van der Waals surface area contributed by atoms with E-state index in [2.05, 4.69) is 11.1 Å². The molecule has 188 valence electrons. The molecule has 1 fully saturated rings. The lowest BCUT2D eigenvalue weighted by atomic mass is 10.1. The SMILES string of the molecule is CCCCn1c(N)c(N(C(=O)CN(Cc2ccc(C#N)cc2)C(C)C)C2CCCC2)c(=O)[nH]c1=O. The lowest BCUT2D eigenvalue weighted by Crippen LogP contribution is -2.50. The van der Waals surface area contributed by atoms with Crippen molar-refractivity contribution in [2.75, 3.05) is 17.2 Å². The van der Waals surface area contributed by atoms with Crippen molar-refractivity contribution in [2.45, 2.75) is 84.5 Å². The number of unbranched alkanes of at least 4 members (excludes halogenated alkanes) is 1. The number of benzene rings is 1. The van der Waals surface area contributed by atoms with Gasteiger partial charge in [0.15, 0.2) is 5.69 Å². The third-order valence-electron chi connectivity index (χ3n) is 6.69. The van der Waals surface area contributed by atoms with Gasteiger partial charge in [-0.25, -0.2) is 4.79 Å². The number of carbonyl (C=O) groups excluding carboxylic acids is 1. The van der Waals surface area contributed by atoms with Gasteiger partial charge in [-0.1, -0.05) is 38.3 Å². The molecule has 9 heteroatoms. The number of aromatic nitrogens is 2. The van der Waals surface area contributed by atoms with Crippen molar-refractivity contribution in [3.8, 4) is 6.07 Å². The standard InChI is InChI=1S/C26H36N6O3/c1-4-5-14-31-24(28)23(25(34)29-26(31)35)32(21-8-6-7-9-21)22(33)17-30(18(2)3)16-20-12-10-19(15-27)11-13-20/h10-13,18,21H,4-9,14,16-17,28H2,1-3H3,(H,29,34,35). The molecule has 3 N–H and O–H groups in total. The first kappa shape index (κ1) is 26.2. The third kappa shape index (κ3) is 6.20. The molecular weight excluding hydrogens is 444 g/mol. The van der Waals surface area contributed by atoms with Gasteiger partial charge in [0.25, 0.3) is 5.56 Å². The normalized spacial score (nSPS) is 13.9. The zero-order chi connectivity index (χ0) is 25.5. The highest BCUT2D eigenvalue weighted by molar-refractivity contribution is 5.97. The molecule has 0 bridgehead atoms. The summed E-state index contributed by atoms with van der Waals surface area (Å²) in [5.41, 5.74) is 6.87. The van der Waals surface area contributed by atoms with Crippen LogP contribution in [0.4, 0.5) is 11.5 Å². The topological polar surface area (TPSA) is 128 Å². The van der Waals surface area contributed by atoms with Crippen molar-refractivity contribution in [3.05, 3.63) is 56.2 Å². The van der Waals surface area contributed by atoms with Gasteiger partial charge in [-0.3, -0.25) is 24.0 Å². The molecule has 3 rings (SSSR count). The minimum atomic E-state index is -0.622. The van der Waals surface area contributed by atoms with Gasteiger partial charge < -0.3 is 10.6 Å². The maximum absolute atomic E-state index is 13.8. The number of aromatic amines is 1. The predicted octanol–water partition coefficient (Wildman–Crippen LogP) is 2.98. The van der Waals surface area contributed by atoms with Gasteiger partial charge in [0.05, 0.1) is 18.2 Å². The lowest BCUT2D eigenvalue weighted by molar-refractivity contribution is -0.120. The van der Waals surface area contributed by atoms with E-state index in [4.69, 9.17) is 11.0 Å². The fourth-order valence-electron chi connectivity index (χ4n) is 4.61. The number of hydrogen-bond acceptors (Lipinski definition) is 6. The van der Waals surface area contributed by atoms with Crippen molar-refractivity contribution in [3.63, 3.8) is 0 Å². The molecule has 0 aliphatic heterocycles. The van der Waals surface area contributed by atoms with Crippen LogP contribution in [0.25, 0.3) is 0 Å². The fourth-order valence-corrected chi connectivity index (χ4v) is 4.61. The van der Waals surface area contributed by atoms with Crippen LogP contribution in [0.3, 0.4) is 0 Å². The van der Waals surface area contributed by atoms with Crippen LogP contribution in [0.1, 0.15) is 70.4 Å². The number of hydrogen-bond donors (Lipinski definition) is 2. The van der Waals surface area contributed by atoms with Crippen molar-refractivity contribution < 1.29 is 4.79 Å². The van der Waals surface area contributed by atoms with Crippen LogP contribution in [-0.2, 0) is 17.9 Å². The molecule has 1 saturated carbocycles. The molecule has 0 atom stereocenters. The average molecular weight is 481 g/mol. The molecule has 1 aromatic heterocycles. The first-order valence-electron chi connectivity index (χ1n) is 12.4. The van der Waals surface area contributed by atoms with Gasteiger partial charge in [0.1, 0.15) is 5.82 Å². The quantitative estimate of drug-likeness (QED) is 0.538. The van der Waals surface area contributed by atoms with Crippen LogP contribution in [0, 0.1) is 11.3 Å². The zero-order valence-corrected chi connectivity index (χ0v) is 20.9. The van der Waals surface area contributed by atoms with Crippen LogP contribution in [0.2, 0.25) is 0 Å². The highest BCUT2D eigenvalue weighted by Gasteiger charge is 2.33. The summed E-state index contributed by atoms with van der Waals surface area (Å²) in [5.74, 6) is -0.159. The van der Waals surface area contributed by atoms with Gasteiger partial charge in [-0.15, -0.1) is 0 Å². The summed E-state index contributed by atoms with van der Waals surface area (Å²) >= 11 is 0. The van der Waals surface area contributed by atoms with Crippen LogP contribution in [0.5, 0.6) is 0 Å². The molecule has 9 nitrogen and oxygen atoms in total. The first-order valence-corrected chi connectivity index (χ1v) is 12.4. The molecule has 1 aromatic carbocycles. The first-order chi connectivity index (χ1) is 16.8. The van der Waals surface area contributed by atoms with Gasteiger partial charge >= 0.3 is 5.69 Å². The second-order valence-corrected chi connectivity index (χ2v) is 9.51. The number of H-pyrrole nitrogens is 1. The molecule has 0 saturated heterocycles. The summed E-state index contributed by atoms with van der Waals surface area (Å²) in [4.78, 5) is 45.2. The molecule has 0 spiro atoms. The Kier molecular flexibility index (Phi) is 8.88. The summed E-state index contributed by atoms with van der Waals surface area (Å²) in [6.45, 7) is 7.05. The second-order valence-electron chi connectivity index (χ2n) is 9.51. The number of carbonyl (C=O) groups is 1. The smallest absolute Gasteiger partial charge is 0.330 e. The van der Waals surface area contributed by atoms with Crippen molar-refractivity contribution in [1.29, 1.82) is 5.26 Å². The van der Waals surface area contributed by atoms with Crippen LogP contribution in [0.15, 0.2) is 33.9 Å². The van der Waals surface area contributed by atoms with E-state index in [1.54, 1.807) is 17.0 Å². The van der Waals surface area contributed by atoms with E-state index in [0.717, 1.165) is 44.1 Å². The Bertz CT molecular complexity index is 1170. The third-order valence-corrected chi connectivity index (χ3v) is 6.69. The number of amides is 1. The Balaban J connectivity index is 1.95. The molecule has 0 radical (unpaired) electrons. The average Bonchev–Trinajstić information content (AvgIpc) is 3.35. The van der Waals surface area contributed by atoms with Gasteiger partial charge in [-0.2, -0.15) is 5.26 Å². The summed E-state index contributed by atoms with van der Waals surface area (Å²) in [6.07, 6.45) is 5.12. The second kappa shape index (κ2) is 11.8. The Hall–Kier alpha value is -3.38. The number of nitrogen functional groups attached to an aromatic ring is 1. The maximum atomic E-state index is 13.8. The van der Waals surface area contributed by atoms with Gasteiger partial charge in [-0.05, 0) is 50.8 Å². The molecule has 2 aromatic rings. The van der Waals surface area contributed by atoms with Crippen LogP contribution < -0.4 is 21.9 Å². The summed E-state index contributed by atoms with van der Waals surface area (Å²) in [6, 6.07) is 9.35.